The summed E-state index contributed by atoms with van der Waals surface area (Å²) in [7, 11) is 0. The first kappa shape index (κ1) is 31.4. The van der Waals surface area contributed by atoms with Crippen LogP contribution < -0.4 is 4.74 Å². The highest BCUT2D eigenvalue weighted by molar-refractivity contribution is 5.65. The van der Waals surface area contributed by atoms with Crippen molar-refractivity contribution in [2.24, 2.45) is 11.8 Å². The number of hydrogen-bond acceptors (Lipinski definition) is 1. The van der Waals surface area contributed by atoms with Gasteiger partial charge in [-0.05, 0) is 116 Å². The van der Waals surface area contributed by atoms with Crippen LogP contribution in [0.3, 0.4) is 0 Å². The number of hydrogen-bond donors (Lipinski definition) is 0. The largest absolute Gasteiger partial charge is 0.432 e. The Morgan fingerprint density at radius 3 is 1.95 bits per heavy atom. The fourth-order valence-electron chi connectivity index (χ4n) is 6.89. The molecule has 8 heteroatoms. The summed E-state index contributed by atoms with van der Waals surface area (Å²) >= 11 is 0. The van der Waals surface area contributed by atoms with Gasteiger partial charge in [-0.15, -0.1) is 0 Å². The number of benzene rings is 3. The Kier molecular flexibility index (Phi) is 9.72. The van der Waals surface area contributed by atoms with Gasteiger partial charge in [-0.1, -0.05) is 38.3 Å². The zero-order valence-electron chi connectivity index (χ0n) is 24.3. The Morgan fingerprint density at radius 1 is 0.698 bits per heavy atom. The quantitative estimate of drug-likeness (QED) is 0.174. The minimum Gasteiger partial charge on any atom is -0.432 e. The van der Waals surface area contributed by atoms with E-state index in [0.717, 1.165) is 36.5 Å². The van der Waals surface area contributed by atoms with Crippen LogP contribution in [-0.2, 0) is 0 Å². The predicted octanol–water partition coefficient (Wildman–Crippen LogP) is 11.5. The maximum absolute atomic E-state index is 15.2. The van der Waals surface area contributed by atoms with E-state index in [-0.39, 0.29) is 35.7 Å². The summed E-state index contributed by atoms with van der Waals surface area (Å²) in [6.45, 7) is 2.21. The second-order valence-electron chi connectivity index (χ2n) is 12.2. The highest BCUT2D eigenvalue weighted by atomic mass is 19.3. The molecule has 0 amide bonds. The van der Waals surface area contributed by atoms with Crippen molar-refractivity contribution in [2.45, 2.75) is 95.5 Å². The molecule has 3 aromatic rings. The molecule has 232 valence electrons. The van der Waals surface area contributed by atoms with Gasteiger partial charge in [0.2, 0.25) is 0 Å². The minimum atomic E-state index is -3.61. The summed E-state index contributed by atoms with van der Waals surface area (Å²) in [6, 6.07) is 9.56. The van der Waals surface area contributed by atoms with Gasteiger partial charge in [0.1, 0.15) is 17.4 Å². The van der Waals surface area contributed by atoms with E-state index in [0.29, 0.717) is 42.5 Å². The zero-order chi connectivity index (χ0) is 30.7. The van der Waals surface area contributed by atoms with Crippen molar-refractivity contribution in [3.05, 3.63) is 88.7 Å². The van der Waals surface area contributed by atoms with Gasteiger partial charge >= 0.3 is 6.11 Å². The summed E-state index contributed by atoms with van der Waals surface area (Å²) in [5.74, 6) is -6.61. The van der Waals surface area contributed by atoms with E-state index in [9.17, 15) is 17.6 Å². The van der Waals surface area contributed by atoms with Gasteiger partial charge in [0, 0.05) is 11.6 Å². The second-order valence-corrected chi connectivity index (χ2v) is 12.2. The Bertz CT molecular complexity index is 1380. The van der Waals surface area contributed by atoms with Gasteiger partial charge in [-0.25, -0.2) is 22.0 Å². The summed E-state index contributed by atoms with van der Waals surface area (Å²) in [6.07, 6.45) is 5.60. The van der Waals surface area contributed by atoms with E-state index in [1.807, 2.05) is 12.1 Å². The SMILES string of the molecule is CCCCC1CCC(c2ccc(C3CCC(C(F)(F)Oc4ccc(-c5cc(F)c(F)c(F)c5)c(F)c4)CC3)c(F)c2)CC1. The third kappa shape index (κ3) is 7.21. The van der Waals surface area contributed by atoms with E-state index in [4.69, 9.17) is 4.74 Å². The molecule has 0 spiro atoms. The molecular formula is C35H37F7O. The molecule has 2 saturated carbocycles. The Balaban J connectivity index is 1.17. The number of ether oxygens (including phenoxy) is 1. The molecule has 0 radical (unpaired) electrons. The molecule has 0 aliphatic heterocycles. The molecule has 0 N–H and O–H groups in total. The van der Waals surface area contributed by atoms with Crippen LogP contribution in [0.5, 0.6) is 5.75 Å². The Labute approximate surface area is 248 Å². The van der Waals surface area contributed by atoms with E-state index in [2.05, 4.69) is 6.92 Å². The van der Waals surface area contributed by atoms with Crippen molar-refractivity contribution in [3.63, 3.8) is 0 Å². The lowest BCUT2D eigenvalue weighted by Crippen LogP contribution is -2.37. The summed E-state index contributed by atoms with van der Waals surface area (Å²) in [5.41, 5.74) is 1.02. The first-order valence-corrected chi connectivity index (χ1v) is 15.4. The van der Waals surface area contributed by atoms with Gasteiger partial charge in [-0.3, -0.25) is 0 Å². The van der Waals surface area contributed by atoms with Crippen molar-refractivity contribution in [1.82, 2.24) is 0 Å². The van der Waals surface area contributed by atoms with Crippen LogP contribution in [0.4, 0.5) is 30.7 Å². The van der Waals surface area contributed by atoms with Crippen molar-refractivity contribution in [3.8, 4) is 16.9 Å². The molecular weight excluding hydrogens is 569 g/mol. The van der Waals surface area contributed by atoms with Crippen LogP contribution in [0.1, 0.15) is 101 Å². The van der Waals surface area contributed by atoms with Crippen LogP contribution in [0, 0.1) is 40.9 Å². The zero-order valence-corrected chi connectivity index (χ0v) is 24.3. The van der Waals surface area contributed by atoms with Crippen LogP contribution in [0.25, 0.3) is 11.1 Å². The smallest absolute Gasteiger partial charge is 0.400 e. The van der Waals surface area contributed by atoms with Crippen LogP contribution in [-0.4, -0.2) is 6.11 Å². The van der Waals surface area contributed by atoms with Crippen LogP contribution in [0.2, 0.25) is 0 Å². The lowest BCUT2D eigenvalue weighted by Gasteiger charge is -2.34. The van der Waals surface area contributed by atoms with Crippen molar-refractivity contribution in [2.75, 3.05) is 0 Å². The molecule has 0 atom stereocenters. The highest BCUT2D eigenvalue weighted by Crippen LogP contribution is 2.45. The number of alkyl halides is 2. The standard InChI is InChI=1S/C35H37F7O/c1-2-3-4-21-5-7-22(8-6-21)24-11-15-28(30(36)17-24)23-9-12-26(13-10-23)35(41,42)43-27-14-16-29(31(37)20-27)25-18-32(38)34(40)33(39)19-25/h11,14-23,26H,2-10,12-13H2,1H3. The fourth-order valence-corrected chi connectivity index (χ4v) is 6.89. The first-order valence-electron chi connectivity index (χ1n) is 15.4. The molecule has 0 saturated heterocycles. The number of rotatable bonds is 9. The van der Waals surface area contributed by atoms with E-state index in [1.165, 1.54) is 32.1 Å². The molecule has 2 fully saturated rings. The van der Waals surface area contributed by atoms with Crippen molar-refractivity contribution < 1.29 is 35.5 Å². The third-order valence-electron chi connectivity index (χ3n) is 9.44. The first-order chi connectivity index (χ1) is 20.6. The van der Waals surface area contributed by atoms with Crippen molar-refractivity contribution >= 4 is 0 Å². The number of unbranched alkanes of at least 4 members (excludes halogenated alkanes) is 1. The molecule has 2 aliphatic rings. The maximum Gasteiger partial charge on any atom is 0.400 e. The number of halogens is 7. The van der Waals surface area contributed by atoms with Gasteiger partial charge in [0.15, 0.2) is 17.5 Å². The minimum absolute atomic E-state index is 0.106. The van der Waals surface area contributed by atoms with Crippen LogP contribution in [0.15, 0.2) is 48.5 Å². The van der Waals surface area contributed by atoms with Gasteiger partial charge in [0.25, 0.3) is 0 Å². The monoisotopic (exact) mass is 606 g/mol. The summed E-state index contributed by atoms with van der Waals surface area (Å²) < 4.78 is 105. The average Bonchev–Trinajstić information content (AvgIpc) is 2.99. The molecule has 5 rings (SSSR count). The van der Waals surface area contributed by atoms with E-state index < -0.39 is 41.0 Å². The van der Waals surface area contributed by atoms with Crippen LogP contribution >= 0.6 is 0 Å². The van der Waals surface area contributed by atoms with E-state index in [1.54, 1.807) is 6.07 Å². The predicted molar refractivity (Wildman–Crippen MR) is 153 cm³/mol. The molecule has 0 bridgehead atoms. The van der Waals surface area contributed by atoms with Crippen molar-refractivity contribution in [1.29, 1.82) is 0 Å². The second kappa shape index (κ2) is 13.3. The molecule has 2 aliphatic carbocycles. The Hall–Kier alpha value is -3.03. The van der Waals surface area contributed by atoms with Gasteiger partial charge in [-0.2, -0.15) is 8.78 Å². The average molecular weight is 607 g/mol. The summed E-state index contributed by atoms with van der Waals surface area (Å²) in [4.78, 5) is 0. The van der Waals surface area contributed by atoms with Gasteiger partial charge in [0.05, 0.1) is 5.92 Å². The highest BCUT2D eigenvalue weighted by Gasteiger charge is 2.44. The lowest BCUT2D eigenvalue weighted by atomic mass is 9.75. The molecule has 0 aromatic heterocycles. The molecule has 3 aromatic carbocycles. The normalized spacial score (nSPS) is 22.9. The van der Waals surface area contributed by atoms with Gasteiger partial charge < -0.3 is 4.74 Å². The maximum atomic E-state index is 15.2. The third-order valence-corrected chi connectivity index (χ3v) is 9.44. The topological polar surface area (TPSA) is 9.23 Å². The molecule has 0 heterocycles. The Morgan fingerprint density at radius 2 is 1.35 bits per heavy atom. The lowest BCUT2D eigenvalue weighted by molar-refractivity contribution is -0.222. The molecule has 43 heavy (non-hydrogen) atoms. The van der Waals surface area contributed by atoms with E-state index >= 15 is 13.2 Å². The summed E-state index contributed by atoms with van der Waals surface area (Å²) in [5, 5.41) is 0. The molecule has 0 unspecified atom stereocenters. The molecule has 1 nitrogen and oxygen atoms in total. The fraction of sp³-hybridized carbons (Fsp3) is 0.486.